The number of carbonyl (C=O) groups excluding carboxylic acids is 1. The Morgan fingerprint density at radius 1 is 1.53 bits per heavy atom. The van der Waals surface area contributed by atoms with Gasteiger partial charge in [0.1, 0.15) is 0 Å². The topological polar surface area (TPSA) is 33.2 Å². The van der Waals surface area contributed by atoms with Crippen LogP contribution in [-0.2, 0) is 0 Å². The summed E-state index contributed by atoms with van der Waals surface area (Å²) in [6, 6.07) is 0. The van der Waals surface area contributed by atoms with Gasteiger partial charge in [-0.25, -0.2) is 4.98 Å². The number of nitrogens with zero attached hydrogens (tertiary/aromatic N) is 2. The molecule has 2 heterocycles. The van der Waals surface area contributed by atoms with Gasteiger partial charge >= 0.3 is 0 Å². The zero-order valence-electron chi connectivity index (χ0n) is 10.2. The van der Waals surface area contributed by atoms with Gasteiger partial charge in [0.2, 0.25) is 0 Å². The van der Waals surface area contributed by atoms with E-state index in [1.54, 1.807) is 11.3 Å². The van der Waals surface area contributed by atoms with Crippen LogP contribution in [0.4, 0.5) is 0 Å². The summed E-state index contributed by atoms with van der Waals surface area (Å²) in [6.07, 6.45) is 2.32. The Labute approximate surface area is 114 Å². The van der Waals surface area contributed by atoms with E-state index in [9.17, 15) is 4.79 Å². The van der Waals surface area contributed by atoms with E-state index in [0.717, 1.165) is 41.5 Å². The van der Waals surface area contributed by atoms with E-state index in [1.807, 2.05) is 6.92 Å². The van der Waals surface area contributed by atoms with Gasteiger partial charge in [0.25, 0.3) is 0 Å². The van der Waals surface area contributed by atoms with E-state index in [0.29, 0.717) is 11.2 Å². The van der Waals surface area contributed by atoms with Crippen LogP contribution in [0.3, 0.4) is 0 Å². The lowest BCUT2D eigenvalue weighted by Gasteiger charge is -2.27. The van der Waals surface area contributed by atoms with Crippen molar-refractivity contribution in [1.82, 2.24) is 9.88 Å². The first-order chi connectivity index (χ1) is 8.11. The Hall–Kier alpha value is -0.260. The van der Waals surface area contributed by atoms with Gasteiger partial charge in [0, 0.05) is 5.92 Å². The lowest BCUT2D eigenvalue weighted by molar-refractivity contribution is 0.102. The molecular weight excluding hydrogens is 300 g/mol. The van der Waals surface area contributed by atoms with Crippen molar-refractivity contribution in [3.05, 3.63) is 15.6 Å². The van der Waals surface area contributed by atoms with E-state index in [1.165, 1.54) is 0 Å². The number of alkyl halides is 1. The number of halogens is 1. The van der Waals surface area contributed by atoms with Crippen molar-refractivity contribution in [1.29, 1.82) is 0 Å². The second kappa shape index (κ2) is 5.59. The Bertz CT molecular complexity index is 411. The standard InChI is InChI=1S/C12H17BrN2OS/c1-8-11(10(16)7-13)17-12(14-8)9-3-5-15(2)6-4-9/h9H,3-7H2,1-2H3. The predicted octanol–water partition coefficient (Wildman–Crippen LogP) is 2.84. The molecular formula is C12H17BrN2OS. The van der Waals surface area contributed by atoms with Gasteiger partial charge in [-0.15, -0.1) is 11.3 Å². The highest BCUT2D eigenvalue weighted by atomic mass is 79.9. The highest BCUT2D eigenvalue weighted by molar-refractivity contribution is 9.09. The molecule has 0 saturated carbocycles. The molecule has 0 unspecified atom stereocenters. The highest BCUT2D eigenvalue weighted by Gasteiger charge is 2.23. The van der Waals surface area contributed by atoms with Crippen LogP contribution >= 0.6 is 27.3 Å². The lowest BCUT2D eigenvalue weighted by Crippen LogP contribution is -2.29. The summed E-state index contributed by atoms with van der Waals surface area (Å²) >= 11 is 4.81. The molecule has 0 aromatic carbocycles. The Kier molecular flexibility index (Phi) is 4.33. The molecule has 1 fully saturated rings. The van der Waals surface area contributed by atoms with E-state index in [2.05, 4.69) is 32.9 Å². The smallest absolute Gasteiger partial charge is 0.185 e. The molecule has 0 radical (unpaired) electrons. The number of ketones is 1. The van der Waals surface area contributed by atoms with Crippen LogP contribution in [0.5, 0.6) is 0 Å². The number of carbonyl (C=O) groups is 1. The SMILES string of the molecule is Cc1nc(C2CCN(C)CC2)sc1C(=O)CBr. The van der Waals surface area contributed by atoms with Crippen LogP contribution in [0.1, 0.15) is 39.1 Å². The summed E-state index contributed by atoms with van der Waals surface area (Å²) in [6.45, 7) is 4.20. The normalized spacial score (nSPS) is 18.5. The number of hydrogen-bond donors (Lipinski definition) is 0. The molecule has 17 heavy (non-hydrogen) atoms. The summed E-state index contributed by atoms with van der Waals surface area (Å²) < 4.78 is 0. The van der Waals surface area contributed by atoms with E-state index >= 15 is 0 Å². The molecule has 0 amide bonds. The fraction of sp³-hybridized carbons (Fsp3) is 0.667. The Morgan fingerprint density at radius 2 is 2.18 bits per heavy atom. The number of aromatic nitrogens is 1. The van der Waals surface area contributed by atoms with Crippen molar-refractivity contribution >= 4 is 33.0 Å². The third-order valence-electron chi connectivity index (χ3n) is 3.26. The zero-order valence-corrected chi connectivity index (χ0v) is 12.6. The predicted molar refractivity (Wildman–Crippen MR) is 74.4 cm³/mol. The number of Topliss-reactive ketones (excluding diaryl/α,β-unsaturated/α-hetero) is 1. The number of thiazole rings is 1. The molecule has 3 nitrogen and oxygen atoms in total. The van der Waals surface area contributed by atoms with Crippen LogP contribution in [0.15, 0.2) is 0 Å². The zero-order chi connectivity index (χ0) is 12.4. The number of rotatable bonds is 3. The third kappa shape index (κ3) is 2.95. The molecule has 1 aliphatic rings. The molecule has 0 aliphatic carbocycles. The molecule has 5 heteroatoms. The van der Waals surface area contributed by atoms with Crippen LogP contribution in [-0.4, -0.2) is 41.1 Å². The molecule has 0 atom stereocenters. The average Bonchev–Trinajstić information content (AvgIpc) is 2.71. The molecule has 2 rings (SSSR count). The second-order valence-electron chi connectivity index (χ2n) is 4.60. The fourth-order valence-electron chi connectivity index (χ4n) is 2.17. The Morgan fingerprint density at radius 3 is 2.76 bits per heavy atom. The summed E-state index contributed by atoms with van der Waals surface area (Å²) in [4.78, 5) is 19.5. The number of aryl methyl sites for hydroxylation is 1. The summed E-state index contributed by atoms with van der Waals surface area (Å²) in [5, 5.41) is 1.54. The monoisotopic (exact) mass is 316 g/mol. The van der Waals surface area contributed by atoms with Gasteiger partial charge in [-0.3, -0.25) is 4.79 Å². The third-order valence-corrected chi connectivity index (χ3v) is 5.13. The number of likely N-dealkylation sites (tertiary alicyclic amines) is 1. The molecule has 1 aliphatic heterocycles. The van der Waals surface area contributed by atoms with Gasteiger partial charge in [0.15, 0.2) is 5.78 Å². The first kappa shape index (κ1) is 13.2. The average molecular weight is 317 g/mol. The minimum Gasteiger partial charge on any atom is -0.306 e. The molecule has 1 saturated heterocycles. The van der Waals surface area contributed by atoms with Crippen molar-refractivity contribution in [3.63, 3.8) is 0 Å². The Balaban J connectivity index is 2.14. The second-order valence-corrected chi connectivity index (χ2v) is 6.19. The maximum absolute atomic E-state index is 11.7. The van der Waals surface area contributed by atoms with Crippen LogP contribution < -0.4 is 0 Å². The highest BCUT2D eigenvalue weighted by Crippen LogP contribution is 2.32. The maximum atomic E-state index is 11.7. The molecule has 0 spiro atoms. The lowest BCUT2D eigenvalue weighted by atomic mass is 9.98. The minimum atomic E-state index is 0.152. The molecule has 94 valence electrons. The first-order valence-electron chi connectivity index (χ1n) is 5.87. The van der Waals surface area contributed by atoms with E-state index in [4.69, 9.17) is 0 Å². The van der Waals surface area contributed by atoms with Gasteiger partial charge in [-0.05, 0) is 39.9 Å². The summed E-state index contributed by atoms with van der Waals surface area (Å²) in [5.74, 6) is 0.700. The maximum Gasteiger partial charge on any atom is 0.185 e. The van der Waals surface area contributed by atoms with Crippen molar-refractivity contribution < 1.29 is 4.79 Å². The molecule has 1 aromatic rings. The van der Waals surface area contributed by atoms with Crippen molar-refractivity contribution in [2.75, 3.05) is 25.5 Å². The van der Waals surface area contributed by atoms with Crippen molar-refractivity contribution in [3.8, 4) is 0 Å². The largest absolute Gasteiger partial charge is 0.306 e. The molecule has 1 aromatic heterocycles. The van der Waals surface area contributed by atoms with Crippen molar-refractivity contribution in [2.45, 2.75) is 25.7 Å². The van der Waals surface area contributed by atoms with Crippen LogP contribution in [0.25, 0.3) is 0 Å². The summed E-state index contributed by atoms with van der Waals surface area (Å²) in [7, 11) is 2.16. The molecule has 0 N–H and O–H groups in total. The van der Waals surface area contributed by atoms with Crippen LogP contribution in [0.2, 0.25) is 0 Å². The fourth-order valence-corrected chi connectivity index (χ4v) is 3.81. The van der Waals surface area contributed by atoms with Gasteiger partial charge in [-0.2, -0.15) is 0 Å². The summed E-state index contributed by atoms with van der Waals surface area (Å²) in [5.41, 5.74) is 0.897. The van der Waals surface area contributed by atoms with Gasteiger partial charge in [0.05, 0.1) is 20.9 Å². The first-order valence-corrected chi connectivity index (χ1v) is 7.80. The van der Waals surface area contributed by atoms with Gasteiger partial charge < -0.3 is 4.90 Å². The number of piperidine rings is 1. The van der Waals surface area contributed by atoms with Gasteiger partial charge in [-0.1, -0.05) is 15.9 Å². The van der Waals surface area contributed by atoms with E-state index < -0.39 is 0 Å². The molecule has 0 bridgehead atoms. The van der Waals surface area contributed by atoms with Crippen LogP contribution in [0, 0.1) is 6.92 Å². The quantitative estimate of drug-likeness (QED) is 0.635. The number of hydrogen-bond acceptors (Lipinski definition) is 4. The van der Waals surface area contributed by atoms with Crippen molar-refractivity contribution in [2.24, 2.45) is 0 Å². The van der Waals surface area contributed by atoms with E-state index in [-0.39, 0.29) is 5.78 Å². The minimum absolute atomic E-state index is 0.152.